The van der Waals surface area contributed by atoms with E-state index in [0.717, 1.165) is 5.56 Å². The minimum Gasteiger partial charge on any atom is -0.490 e. The van der Waals surface area contributed by atoms with E-state index >= 15 is 0 Å². The Morgan fingerprint density at radius 2 is 1.94 bits per heavy atom. The van der Waals surface area contributed by atoms with Gasteiger partial charge in [-0.3, -0.25) is 4.79 Å². The number of nitrogens with one attached hydrogen (secondary N) is 1. The van der Waals surface area contributed by atoms with Gasteiger partial charge in [0.05, 0.1) is 23.4 Å². The molecule has 0 spiro atoms. The first-order chi connectivity index (χ1) is 15.0. The van der Waals surface area contributed by atoms with Gasteiger partial charge in [-0.25, -0.2) is 10.4 Å². The summed E-state index contributed by atoms with van der Waals surface area (Å²) in [5.74, 6) is 0.473. The van der Waals surface area contributed by atoms with Crippen LogP contribution in [0.3, 0.4) is 0 Å². The molecule has 3 aromatic rings. The number of hydrazone groups is 1. The molecule has 1 heterocycles. The topological polar surface area (TPSA) is 72.8 Å². The quantitative estimate of drug-likeness (QED) is 0.277. The Balaban J connectivity index is 1.73. The highest BCUT2D eigenvalue weighted by Crippen LogP contribution is 2.37. The van der Waals surface area contributed by atoms with Gasteiger partial charge in [0.2, 0.25) is 0 Å². The van der Waals surface area contributed by atoms with Gasteiger partial charge < -0.3 is 9.47 Å². The summed E-state index contributed by atoms with van der Waals surface area (Å²) < 4.78 is 11.6. The lowest BCUT2D eigenvalue weighted by Gasteiger charge is -2.14. The highest BCUT2D eigenvalue weighted by Gasteiger charge is 2.13. The average Bonchev–Trinajstić information content (AvgIpc) is 2.75. The van der Waals surface area contributed by atoms with Crippen molar-refractivity contribution in [3.05, 3.63) is 87.2 Å². The van der Waals surface area contributed by atoms with E-state index in [0.29, 0.717) is 35.3 Å². The fourth-order valence-electron chi connectivity index (χ4n) is 2.69. The Bertz CT molecular complexity index is 1090. The zero-order valence-electron chi connectivity index (χ0n) is 17.1. The second kappa shape index (κ2) is 10.8. The monoisotopic (exact) mass is 457 g/mol. The molecule has 6 nitrogen and oxygen atoms in total. The van der Waals surface area contributed by atoms with Crippen LogP contribution in [0.4, 0.5) is 0 Å². The van der Waals surface area contributed by atoms with Crippen LogP contribution in [0.25, 0.3) is 0 Å². The molecule has 0 unspecified atom stereocenters. The summed E-state index contributed by atoms with van der Waals surface area (Å²) in [6.45, 7) is 4.70. The number of nitrogens with zero attached hydrogens (tertiary/aromatic N) is 2. The maximum atomic E-state index is 12.2. The average molecular weight is 458 g/mol. The number of ether oxygens (including phenoxy) is 2. The van der Waals surface area contributed by atoms with Crippen LogP contribution in [0.5, 0.6) is 11.5 Å². The van der Waals surface area contributed by atoms with Crippen LogP contribution in [0.15, 0.2) is 59.8 Å². The fourth-order valence-corrected chi connectivity index (χ4v) is 3.17. The zero-order chi connectivity index (χ0) is 22.2. The Morgan fingerprint density at radius 1 is 1.16 bits per heavy atom. The molecule has 3 rings (SSSR count). The number of carbonyl (C=O) groups is 1. The minimum absolute atomic E-state index is 0.104. The van der Waals surface area contributed by atoms with Gasteiger partial charge in [-0.1, -0.05) is 53.0 Å². The van der Waals surface area contributed by atoms with Crippen LogP contribution in [-0.2, 0) is 6.61 Å². The summed E-state index contributed by atoms with van der Waals surface area (Å²) in [7, 11) is 0. The van der Waals surface area contributed by atoms with Crippen LogP contribution in [0.1, 0.15) is 34.0 Å². The maximum absolute atomic E-state index is 12.2. The number of amides is 1. The second-order valence-electron chi connectivity index (χ2n) is 6.58. The molecular formula is C23H21Cl2N3O3. The third kappa shape index (κ3) is 6.20. The molecule has 160 valence electrons. The highest BCUT2D eigenvalue weighted by molar-refractivity contribution is 6.33. The molecule has 1 N–H and O–H groups in total. The predicted molar refractivity (Wildman–Crippen MR) is 122 cm³/mol. The number of carbonyl (C=O) groups excluding carboxylic acids is 1. The lowest BCUT2D eigenvalue weighted by atomic mass is 10.1. The lowest BCUT2D eigenvalue weighted by Crippen LogP contribution is -2.18. The van der Waals surface area contributed by atoms with Crippen molar-refractivity contribution in [2.45, 2.75) is 20.5 Å². The van der Waals surface area contributed by atoms with E-state index in [1.54, 1.807) is 24.3 Å². The lowest BCUT2D eigenvalue weighted by molar-refractivity contribution is 0.0955. The fraction of sp³-hybridized carbons (Fsp3) is 0.174. The van der Waals surface area contributed by atoms with Crippen molar-refractivity contribution in [2.75, 3.05) is 6.61 Å². The molecule has 0 aliphatic carbocycles. The molecule has 1 amide bonds. The van der Waals surface area contributed by atoms with Crippen molar-refractivity contribution in [3.63, 3.8) is 0 Å². The van der Waals surface area contributed by atoms with Crippen LogP contribution in [0.2, 0.25) is 10.2 Å². The number of rotatable bonds is 8. The standard InChI is InChI=1S/C23H21Cl2N3O3/c1-3-30-20-12-17(13-27-28-23(29)18-5-4-10-26-22(18)25)11-19(24)21(20)31-14-16-8-6-15(2)7-9-16/h4-13H,3,14H2,1-2H3,(H,28,29). The largest absolute Gasteiger partial charge is 0.490 e. The van der Waals surface area contributed by atoms with Crippen molar-refractivity contribution in [1.29, 1.82) is 0 Å². The van der Waals surface area contributed by atoms with E-state index in [4.69, 9.17) is 32.7 Å². The molecule has 31 heavy (non-hydrogen) atoms. The summed E-state index contributed by atoms with van der Waals surface area (Å²) in [6.07, 6.45) is 2.96. The smallest absolute Gasteiger partial charge is 0.274 e. The summed E-state index contributed by atoms with van der Waals surface area (Å²) in [5, 5.41) is 4.45. The number of aromatic nitrogens is 1. The van der Waals surface area contributed by atoms with Gasteiger partial charge in [0.1, 0.15) is 11.8 Å². The summed E-state index contributed by atoms with van der Waals surface area (Å²) in [5.41, 5.74) is 5.48. The van der Waals surface area contributed by atoms with Crippen molar-refractivity contribution >= 4 is 35.3 Å². The summed E-state index contributed by atoms with van der Waals surface area (Å²) in [4.78, 5) is 16.0. The third-order valence-corrected chi connectivity index (χ3v) is 4.80. The number of hydrogen-bond acceptors (Lipinski definition) is 5. The normalized spacial score (nSPS) is 10.8. The van der Waals surface area contributed by atoms with Gasteiger partial charge >= 0.3 is 0 Å². The van der Waals surface area contributed by atoms with Gasteiger partial charge in [0.15, 0.2) is 11.5 Å². The summed E-state index contributed by atoms with van der Waals surface area (Å²) in [6, 6.07) is 14.7. The molecule has 8 heteroatoms. The first kappa shape index (κ1) is 22.6. The first-order valence-corrected chi connectivity index (χ1v) is 10.3. The van der Waals surface area contributed by atoms with Crippen LogP contribution < -0.4 is 14.9 Å². The SMILES string of the molecule is CCOc1cc(C=NNC(=O)c2cccnc2Cl)cc(Cl)c1OCc1ccc(C)cc1. The Labute approximate surface area is 190 Å². The highest BCUT2D eigenvalue weighted by atomic mass is 35.5. The van der Waals surface area contributed by atoms with Gasteiger partial charge in [-0.15, -0.1) is 0 Å². The molecule has 0 aliphatic heterocycles. The summed E-state index contributed by atoms with van der Waals surface area (Å²) >= 11 is 12.4. The van der Waals surface area contributed by atoms with E-state index in [9.17, 15) is 4.79 Å². The van der Waals surface area contributed by atoms with Gasteiger partial charge in [-0.2, -0.15) is 5.10 Å². The zero-order valence-corrected chi connectivity index (χ0v) is 18.6. The Morgan fingerprint density at radius 3 is 2.65 bits per heavy atom. The number of hydrogen-bond donors (Lipinski definition) is 1. The van der Waals surface area contributed by atoms with E-state index in [1.165, 1.54) is 18.0 Å². The maximum Gasteiger partial charge on any atom is 0.274 e. The minimum atomic E-state index is -0.469. The van der Waals surface area contributed by atoms with Crippen LogP contribution >= 0.6 is 23.2 Å². The van der Waals surface area contributed by atoms with E-state index < -0.39 is 5.91 Å². The molecule has 0 atom stereocenters. The molecule has 0 saturated carbocycles. The van der Waals surface area contributed by atoms with E-state index in [-0.39, 0.29) is 10.7 Å². The van der Waals surface area contributed by atoms with Gasteiger partial charge in [0, 0.05) is 6.20 Å². The van der Waals surface area contributed by atoms with Crippen molar-refractivity contribution in [3.8, 4) is 11.5 Å². The molecule has 0 radical (unpaired) electrons. The van der Waals surface area contributed by atoms with E-state index in [2.05, 4.69) is 15.5 Å². The van der Waals surface area contributed by atoms with Crippen molar-refractivity contribution < 1.29 is 14.3 Å². The first-order valence-electron chi connectivity index (χ1n) is 9.56. The Hall–Kier alpha value is -3.09. The van der Waals surface area contributed by atoms with Crippen molar-refractivity contribution in [2.24, 2.45) is 5.10 Å². The number of pyridine rings is 1. The van der Waals surface area contributed by atoms with Crippen LogP contribution in [-0.4, -0.2) is 23.7 Å². The predicted octanol–water partition coefficient (Wildman–Crippen LogP) is 5.44. The number of aryl methyl sites for hydroxylation is 1. The Kier molecular flexibility index (Phi) is 7.87. The van der Waals surface area contributed by atoms with Gasteiger partial charge in [-0.05, 0) is 49.2 Å². The second-order valence-corrected chi connectivity index (χ2v) is 7.34. The molecule has 2 aromatic carbocycles. The molecular weight excluding hydrogens is 437 g/mol. The number of benzene rings is 2. The number of halogens is 2. The van der Waals surface area contributed by atoms with Crippen molar-refractivity contribution in [1.82, 2.24) is 10.4 Å². The molecule has 0 bridgehead atoms. The molecule has 0 saturated heterocycles. The third-order valence-electron chi connectivity index (χ3n) is 4.22. The van der Waals surface area contributed by atoms with E-state index in [1.807, 2.05) is 38.1 Å². The molecule has 0 aliphatic rings. The van der Waals surface area contributed by atoms with Gasteiger partial charge in [0.25, 0.3) is 5.91 Å². The molecule has 1 aromatic heterocycles. The van der Waals surface area contributed by atoms with Crippen LogP contribution in [0, 0.1) is 6.92 Å². The molecule has 0 fully saturated rings.